The van der Waals surface area contributed by atoms with E-state index >= 15 is 19.2 Å². The van der Waals surface area contributed by atoms with E-state index in [0.717, 1.165) is 45.3 Å². The third-order valence-corrected chi connectivity index (χ3v) is 17.6. The van der Waals surface area contributed by atoms with Crippen molar-refractivity contribution in [2.24, 2.45) is 9.98 Å². The predicted molar refractivity (Wildman–Crippen MR) is 300 cm³/mol. The molecule has 0 radical (unpaired) electrons. The van der Waals surface area contributed by atoms with Gasteiger partial charge in [0, 0.05) is 53.9 Å². The second-order valence-corrected chi connectivity index (χ2v) is 21.7. The second-order valence-electron chi connectivity index (χ2n) is 17.5. The molecule has 0 saturated carbocycles. The fraction of sp³-hybridized carbons (Fsp3) is 0.133. The number of benzene rings is 4. The molecule has 0 bridgehead atoms. The van der Waals surface area contributed by atoms with Crippen LogP contribution in [0.4, 0.5) is 10.0 Å². The maximum Gasteiger partial charge on any atom is 0.333 e. The summed E-state index contributed by atoms with van der Waals surface area (Å²) in [6, 6.07) is 48.5. The van der Waals surface area contributed by atoms with Crippen molar-refractivity contribution in [1.29, 1.82) is 21.0 Å². The van der Waals surface area contributed by atoms with Gasteiger partial charge in [0.25, 0.3) is 0 Å². The summed E-state index contributed by atoms with van der Waals surface area (Å²) in [5.41, 5.74) is -3.99. The maximum absolute atomic E-state index is 16.1. The minimum absolute atomic E-state index is 0.00331. The van der Waals surface area contributed by atoms with E-state index in [1.165, 1.54) is 26.4 Å². The first-order valence-electron chi connectivity index (χ1n) is 24.1. The van der Waals surface area contributed by atoms with Gasteiger partial charge in [-0.2, -0.15) is 21.0 Å². The van der Waals surface area contributed by atoms with Crippen LogP contribution in [0, 0.1) is 45.3 Å². The summed E-state index contributed by atoms with van der Waals surface area (Å²) in [6.45, 7) is -1.29. The largest absolute Gasteiger partial charge is 0.495 e. The van der Waals surface area contributed by atoms with Gasteiger partial charge < -0.3 is 28.4 Å². The quantitative estimate of drug-likeness (QED) is 0.0336. The molecule has 0 atom stereocenters. The van der Waals surface area contributed by atoms with Gasteiger partial charge in [-0.05, 0) is 34.4 Å². The number of ether oxygens (including phenoxy) is 6. The highest BCUT2D eigenvalue weighted by atomic mass is 32.1. The zero-order chi connectivity index (χ0) is 56.0. The summed E-state index contributed by atoms with van der Waals surface area (Å²) in [4.78, 5) is 74.7. The molecule has 80 heavy (non-hydrogen) atoms. The first-order chi connectivity index (χ1) is 39.0. The molecular weight excluding hydrogens is 1090 g/mol. The Hall–Kier alpha value is -9.80. The van der Waals surface area contributed by atoms with Gasteiger partial charge in [0.15, 0.2) is 0 Å². The molecule has 0 saturated heterocycles. The van der Waals surface area contributed by atoms with Crippen LogP contribution >= 0.6 is 45.3 Å². The van der Waals surface area contributed by atoms with Crippen LogP contribution in [0.1, 0.15) is 43.1 Å². The third kappa shape index (κ3) is 9.70. The van der Waals surface area contributed by atoms with Gasteiger partial charge in [0.05, 0.1) is 24.0 Å². The molecule has 2 aliphatic rings. The molecule has 20 heteroatoms. The average Bonchev–Trinajstić information content (AvgIpc) is 3.13. The summed E-state index contributed by atoms with van der Waals surface area (Å²) in [6.07, 6.45) is 0. The highest BCUT2D eigenvalue weighted by Crippen LogP contribution is 2.69. The first-order valence-corrected chi connectivity index (χ1v) is 27.3. The Bertz CT molecular complexity index is 3620. The summed E-state index contributed by atoms with van der Waals surface area (Å²) in [5, 5.41) is 39.0. The predicted octanol–water partition coefficient (Wildman–Crippen LogP) is 11.9. The van der Waals surface area contributed by atoms with Crippen LogP contribution in [0.5, 0.6) is 11.5 Å². The molecule has 0 fully saturated rings. The molecule has 4 aromatic carbocycles. The highest BCUT2D eigenvalue weighted by Gasteiger charge is 2.72. The fourth-order valence-corrected chi connectivity index (χ4v) is 14.2. The number of esters is 4. The molecule has 392 valence electrons. The van der Waals surface area contributed by atoms with Crippen molar-refractivity contribution in [3.8, 4) is 55.3 Å². The van der Waals surface area contributed by atoms with E-state index in [-0.39, 0.29) is 80.0 Å². The number of hydrogen-bond donors (Lipinski definition) is 0. The number of aliphatic imine (C=N–C) groups is 2. The topological polar surface area (TPSA) is 244 Å². The standard InChI is InChI=1S/C60H38N6O10S4/c1-71-43-25-47(65-39(27-61)28-62)79-53(43)45-23-41-51(77-45)49-50(59(41,55(67)73-31-35-15-7-3-8-16-35)56(68)74-32-36-17-9-4-10-18-36)52-42(24-46(78-52)54-44(72-2)26-48(80-54)66-40(29-63)30-64)60(49,57(69)75-33-37-19-11-5-12-20-37)58(70)76-34-38-21-13-6-14-22-38/h3-26H,31-34H2,1-2H3. The van der Waals surface area contributed by atoms with E-state index < -0.39 is 46.1 Å². The lowest BCUT2D eigenvalue weighted by Gasteiger charge is -2.29. The summed E-state index contributed by atoms with van der Waals surface area (Å²) < 4.78 is 36.9. The number of nitrogens with zero attached hydrogens (tertiary/aromatic N) is 6. The Morgan fingerprint density at radius 2 is 0.713 bits per heavy atom. The van der Waals surface area contributed by atoms with Gasteiger partial charge in [0.2, 0.25) is 22.3 Å². The smallest absolute Gasteiger partial charge is 0.333 e. The maximum atomic E-state index is 16.1. The van der Waals surface area contributed by atoms with Crippen LogP contribution in [0.25, 0.3) is 30.7 Å². The first kappa shape index (κ1) is 53.6. The number of rotatable bonds is 18. The molecule has 0 N–H and O–H groups in total. The van der Waals surface area contributed by atoms with Crippen molar-refractivity contribution in [1.82, 2.24) is 0 Å². The summed E-state index contributed by atoms with van der Waals surface area (Å²) in [7, 11) is 2.82. The summed E-state index contributed by atoms with van der Waals surface area (Å²) in [5.74, 6) is -3.93. The average molecular weight is 1130 g/mol. The minimum atomic E-state index is -2.62. The number of thiophene rings is 4. The molecule has 0 aliphatic heterocycles. The van der Waals surface area contributed by atoms with E-state index in [0.29, 0.717) is 41.8 Å². The van der Waals surface area contributed by atoms with Gasteiger partial charge in [-0.3, -0.25) is 19.2 Å². The van der Waals surface area contributed by atoms with E-state index in [2.05, 4.69) is 9.98 Å². The Morgan fingerprint density at radius 1 is 0.425 bits per heavy atom. The van der Waals surface area contributed by atoms with Crippen molar-refractivity contribution < 1.29 is 47.6 Å². The van der Waals surface area contributed by atoms with Crippen LogP contribution in [0.2, 0.25) is 0 Å². The van der Waals surface area contributed by atoms with Gasteiger partial charge >= 0.3 is 23.9 Å². The molecule has 0 spiro atoms. The zero-order valence-electron chi connectivity index (χ0n) is 42.1. The lowest BCUT2D eigenvalue weighted by molar-refractivity contribution is -0.165. The normalized spacial score (nSPS) is 12.9. The van der Waals surface area contributed by atoms with Crippen molar-refractivity contribution in [2.45, 2.75) is 37.3 Å². The van der Waals surface area contributed by atoms with Crippen molar-refractivity contribution in [3.63, 3.8) is 0 Å². The lowest BCUT2D eigenvalue weighted by Crippen LogP contribution is -2.45. The van der Waals surface area contributed by atoms with E-state index in [1.807, 2.05) is 0 Å². The highest BCUT2D eigenvalue weighted by molar-refractivity contribution is 7.26. The second kappa shape index (κ2) is 23.0. The molecular formula is C60H38N6O10S4. The third-order valence-electron chi connectivity index (χ3n) is 12.9. The van der Waals surface area contributed by atoms with Crippen molar-refractivity contribution in [2.75, 3.05) is 14.2 Å². The number of methoxy groups -OCH3 is 2. The van der Waals surface area contributed by atoms with Gasteiger partial charge in [0.1, 0.15) is 72.2 Å². The van der Waals surface area contributed by atoms with Crippen LogP contribution in [0.15, 0.2) is 156 Å². The Morgan fingerprint density at radius 3 is 0.975 bits per heavy atom. The van der Waals surface area contributed by atoms with Crippen molar-refractivity contribution >= 4 is 102 Å². The number of carbonyl (C=O) groups excluding carboxylic acids is 4. The van der Waals surface area contributed by atoms with Gasteiger partial charge in [-0.15, -0.1) is 45.3 Å². The van der Waals surface area contributed by atoms with Gasteiger partial charge in [-0.1, -0.05) is 121 Å². The Balaban J connectivity index is 1.30. The number of fused-ring (bicyclic) bond motifs is 4. The molecule has 10 rings (SSSR count). The van der Waals surface area contributed by atoms with Crippen LogP contribution in [0.3, 0.4) is 0 Å². The fourth-order valence-electron chi connectivity index (χ4n) is 9.34. The van der Waals surface area contributed by atoms with E-state index in [9.17, 15) is 21.0 Å². The molecule has 0 amide bonds. The van der Waals surface area contributed by atoms with Crippen LogP contribution in [-0.2, 0) is 75.4 Å². The molecule has 8 aromatic rings. The van der Waals surface area contributed by atoms with E-state index in [1.54, 1.807) is 158 Å². The number of carbonyl (C=O) groups is 4. The lowest BCUT2D eigenvalue weighted by atomic mass is 9.76. The Labute approximate surface area is 473 Å². The van der Waals surface area contributed by atoms with Crippen molar-refractivity contribution in [3.05, 3.63) is 189 Å². The summed E-state index contributed by atoms with van der Waals surface area (Å²) >= 11 is 4.16. The van der Waals surface area contributed by atoms with E-state index in [4.69, 9.17) is 28.4 Å². The minimum Gasteiger partial charge on any atom is -0.495 e. The monoisotopic (exact) mass is 1130 g/mol. The Kier molecular flexibility index (Phi) is 15.4. The van der Waals surface area contributed by atoms with Gasteiger partial charge in [-0.25, -0.2) is 9.98 Å². The molecule has 4 heterocycles. The zero-order valence-corrected chi connectivity index (χ0v) is 45.3. The molecule has 2 aliphatic carbocycles. The molecule has 0 unspecified atom stereocenters. The molecule has 4 aromatic heterocycles. The van der Waals surface area contributed by atoms with Crippen LogP contribution < -0.4 is 9.47 Å². The SMILES string of the molecule is COc1cc(N=C(C#N)C#N)sc1-c1cc2c(s1)C1=C(c3sc(-c4sc(N=C(C#N)C#N)cc4OC)cc3C1(C(=O)OCc1ccccc1)C(=O)OCc1ccccc1)C2(C(=O)OCc1ccccc1)C(=O)OCc1ccccc1. The number of nitriles is 4. The molecule has 16 nitrogen and oxygen atoms in total. The number of hydrogen-bond acceptors (Lipinski definition) is 20. The van der Waals surface area contributed by atoms with Crippen LogP contribution in [-0.4, -0.2) is 49.5 Å².